The van der Waals surface area contributed by atoms with Gasteiger partial charge in [0.15, 0.2) is 0 Å². The number of hydrogen-bond acceptors (Lipinski definition) is 5. The van der Waals surface area contributed by atoms with E-state index in [-0.39, 0.29) is 29.7 Å². The van der Waals surface area contributed by atoms with E-state index in [2.05, 4.69) is 4.90 Å². The number of likely N-dealkylation sites (N-methyl/N-ethyl adjacent to an activating group) is 1. The summed E-state index contributed by atoms with van der Waals surface area (Å²) in [5.41, 5.74) is 7.71. The van der Waals surface area contributed by atoms with Gasteiger partial charge in [0, 0.05) is 30.3 Å². The fourth-order valence-corrected chi connectivity index (χ4v) is 7.06. The number of sulfonamides is 1. The van der Waals surface area contributed by atoms with Crippen LogP contribution in [0.15, 0.2) is 47.4 Å². The minimum atomic E-state index is -3.81. The number of anilines is 2. The molecule has 7 nitrogen and oxygen atoms in total. The van der Waals surface area contributed by atoms with E-state index < -0.39 is 22.0 Å². The molecular weight excluding hydrogens is 474 g/mol. The zero-order valence-corrected chi connectivity index (χ0v) is 20.9. The van der Waals surface area contributed by atoms with Crippen LogP contribution < -0.4 is 10.6 Å². The molecule has 184 valence electrons. The third-order valence-corrected chi connectivity index (χ3v) is 9.48. The van der Waals surface area contributed by atoms with Crippen molar-refractivity contribution < 1.29 is 18.3 Å². The summed E-state index contributed by atoms with van der Waals surface area (Å²) in [5, 5.41) is 9.53. The van der Waals surface area contributed by atoms with Gasteiger partial charge in [-0.2, -0.15) is 4.31 Å². The average Bonchev–Trinajstić information content (AvgIpc) is 2.91. The number of fused-ring (bicyclic) bond motifs is 1. The second-order valence-corrected chi connectivity index (χ2v) is 11.7. The van der Waals surface area contributed by atoms with Gasteiger partial charge in [-0.1, -0.05) is 49.1 Å². The van der Waals surface area contributed by atoms with Gasteiger partial charge in [-0.15, -0.1) is 0 Å². The van der Waals surface area contributed by atoms with Crippen molar-refractivity contribution in [3.8, 4) is 0 Å². The molecule has 0 aromatic heterocycles. The van der Waals surface area contributed by atoms with Gasteiger partial charge < -0.3 is 15.7 Å². The highest BCUT2D eigenvalue weighted by molar-refractivity contribution is 7.89. The van der Waals surface area contributed by atoms with Crippen molar-refractivity contribution in [2.75, 3.05) is 18.5 Å². The lowest BCUT2D eigenvalue weighted by molar-refractivity contribution is -0.138. The van der Waals surface area contributed by atoms with Gasteiger partial charge in [-0.05, 0) is 61.4 Å². The van der Waals surface area contributed by atoms with Crippen LogP contribution in [0.1, 0.15) is 44.1 Å². The molecule has 0 amide bonds. The van der Waals surface area contributed by atoms with Crippen LogP contribution in [0.2, 0.25) is 5.02 Å². The highest BCUT2D eigenvalue weighted by atomic mass is 35.5. The molecule has 2 aliphatic rings. The molecule has 3 N–H and O–H groups in total. The Labute approximate surface area is 206 Å². The van der Waals surface area contributed by atoms with Gasteiger partial charge in [0.1, 0.15) is 10.9 Å². The van der Waals surface area contributed by atoms with Crippen LogP contribution in [0.4, 0.5) is 11.4 Å². The summed E-state index contributed by atoms with van der Waals surface area (Å²) in [7, 11) is -2.12. The number of halogens is 1. The van der Waals surface area contributed by atoms with Crippen LogP contribution in [0.25, 0.3) is 0 Å². The molecule has 0 radical (unpaired) electrons. The predicted molar refractivity (Wildman–Crippen MR) is 134 cm³/mol. The maximum Gasteiger partial charge on any atom is 0.320 e. The summed E-state index contributed by atoms with van der Waals surface area (Å²) in [4.78, 5) is 13.4. The SMILES string of the molecule is CN1[C@H](C2CCCCC2)CN(c2ccccc2)c2cc(Cl)c(CC[C@@H](N)C(=O)O)cc2S1(=O)=O. The molecule has 2 aromatic rings. The number of carbonyl (C=O) groups is 1. The maximum absolute atomic E-state index is 13.9. The molecule has 4 rings (SSSR count). The molecule has 9 heteroatoms. The van der Waals surface area contributed by atoms with Crippen molar-refractivity contribution in [3.05, 3.63) is 53.1 Å². The summed E-state index contributed by atoms with van der Waals surface area (Å²) in [6.45, 7) is 0.539. The molecule has 0 bridgehead atoms. The van der Waals surface area contributed by atoms with Crippen molar-refractivity contribution in [2.45, 2.75) is 61.9 Å². The lowest BCUT2D eigenvalue weighted by Gasteiger charge is -2.36. The summed E-state index contributed by atoms with van der Waals surface area (Å²) >= 11 is 6.62. The van der Waals surface area contributed by atoms with E-state index in [9.17, 15) is 13.2 Å². The normalized spacial score (nSPS) is 22.1. The van der Waals surface area contributed by atoms with Crippen molar-refractivity contribution in [1.82, 2.24) is 4.31 Å². The molecule has 0 spiro atoms. The van der Waals surface area contributed by atoms with Crippen LogP contribution in [0, 0.1) is 5.92 Å². The Morgan fingerprint density at radius 2 is 1.85 bits per heavy atom. The number of para-hydroxylation sites is 1. The number of aryl methyl sites for hydroxylation is 1. The summed E-state index contributed by atoms with van der Waals surface area (Å²) < 4.78 is 29.3. The van der Waals surface area contributed by atoms with E-state index in [1.165, 1.54) is 6.42 Å². The number of carboxylic acids is 1. The first-order chi connectivity index (χ1) is 16.2. The lowest BCUT2D eigenvalue weighted by Crippen LogP contribution is -2.46. The van der Waals surface area contributed by atoms with Crippen LogP contribution in [0.3, 0.4) is 0 Å². The van der Waals surface area contributed by atoms with Gasteiger partial charge in [-0.25, -0.2) is 8.42 Å². The molecule has 1 heterocycles. The first-order valence-electron chi connectivity index (χ1n) is 11.8. The first kappa shape index (κ1) is 25.0. The quantitative estimate of drug-likeness (QED) is 0.602. The molecule has 1 aliphatic heterocycles. The Kier molecular flexibility index (Phi) is 7.52. The van der Waals surface area contributed by atoms with E-state index in [0.29, 0.717) is 22.8 Å². The molecule has 0 unspecified atom stereocenters. The Hall–Kier alpha value is -2.13. The second kappa shape index (κ2) is 10.2. The van der Waals surface area contributed by atoms with Crippen molar-refractivity contribution in [3.63, 3.8) is 0 Å². The Morgan fingerprint density at radius 3 is 2.50 bits per heavy atom. The van der Waals surface area contributed by atoms with Gasteiger partial charge >= 0.3 is 5.97 Å². The number of nitrogens with two attached hydrogens (primary N) is 1. The van der Waals surface area contributed by atoms with Crippen molar-refractivity contribution in [1.29, 1.82) is 0 Å². The summed E-state index contributed by atoms with van der Waals surface area (Å²) in [5.74, 6) is -0.804. The number of benzene rings is 2. The largest absolute Gasteiger partial charge is 0.480 e. The third kappa shape index (κ3) is 4.96. The Bertz CT molecular complexity index is 1140. The van der Waals surface area contributed by atoms with E-state index in [1.807, 2.05) is 30.3 Å². The van der Waals surface area contributed by atoms with E-state index >= 15 is 0 Å². The van der Waals surface area contributed by atoms with Gasteiger partial charge in [0.25, 0.3) is 0 Å². The molecule has 0 saturated heterocycles. The molecule has 2 aromatic carbocycles. The molecular formula is C25H32ClN3O4S. The maximum atomic E-state index is 13.9. The van der Waals surface area contributed by atoms with Gasteiger partial charge in [-0.3, -0.25) is 4.79 Å². The van der Waals surface area contributed by atoms with Gasteiger partial charge in [0.2, 0.25) is 10.0 Å². The van der Waals surface area contributed by atoms with E-state index in [0.717, 1.165) is 31.4 Å². The molecule has 2 atom stereocenters. The lowest BCUT2D eigenvalue weighted by atomic mass is 9.83. The second-order valence-electron chi connectivity index (χ2n) is 9.33. The average molecular weight is 506 g/mol. The first-order valence-corrected chi connectivity index (χ1v) is 13.6. The van der Waals surface area contributed by atoms with E-state index in [1.54, 1.807) is 23.5 Å². The topological polar surface area (TPSA) is 104 Å². The third-order valence-electron chi connectivity index (χ3n) is 7.22. The molecule has 1 saturated carbocycles. The predicted octanol–water partition coefficient (Wildman–Crippen LogP) is 4.41. The monoisotopic (exact) mass is 505 g/mol. The minimum Gasteiger partial charge on any atom is -0.480 e. The minimum absolute atomic E-state index is 0.164. The Balaban J connectivity index is 1.81. The van der Waals surface area contributed by atoms with Crippen LogP contribution >= 0.6 is 11.6 Å². The highest BCUT2D eigenvalue weighted by Gasteiger charge is 2.41. The molecule has 34 heavy (non-hydrogen) atoms. The molecule has 1 fully saturated rings. The number of nitrogens with zero attached hydrogens (tertiary/aromatic N) is 2. The fraction of sp³-hybridized carbons (Fsp3) is 0.480. The summed E-state index contributed by atoms with van der Waals surface area (Å²) in [6, 6.07) is 11.9. The van der Waals surface area contributed by atoms with Crippen LogP contribution in [-0.2, 0) is 21.2 Å². The smallest absolute Gasteiger partial charge is 0.320 e. The number of carboxylic acid groups (broad SMARTS) is 1. The van der Waals surface area contributed by atoms with Crippen LogP contribution in [-0.4, -0.2) is 49.5 Å². The number of aliphatic carboxylic acids is 1. The highest BCUT2D eigenvalue weighted by Crippen LogP contribution is 2.42. The summed E-state index contributed by atoms with van der Waals surface area (Å²) in [6.07, 6.45) is 5.90. The number of hydrogen-bond donors (Lipinski definition) is 2. The number of rotatable bonds is 6. The van der Waals surface area contributed by atoms with E-state index in [4.69, 9.17) is 22.4 Å². The Morgan fingerprint density at radius 1 is 1.18 bits per heavy atom. The fourth-order valence-electron chi connectivity index (χ4n) is 5.18. The zero-order valence-electron chi connectivity index (χ0n) is 19.4. The standard InChI is InChI=1S/C25H32ClN3O4S/c1-28-23(17-8-4-2-5-9-17)16-29(19-10-6-3-7-11-19)22-15-20(26)18(12-13-21(27)25(30)31)14-24(22)34(28,32)33/h3,6-7,10-11,14-15,17,21,23H,2,4-5,8-9,12-13,16,27H2,1H3,(H,30,31)/t21-,23+/m1/s1. The van der Waals surface area contributed by atoms with Crippen molar-refractivity contribution >= 4 is 39.0 Å². The zero-order chi connectivity index (χ0) is 24.5. The van der Waals surface area contributed by atoms with Gasteiger partial charge in [0.05, 0.1) is 5.69 Å². The van der Waals surface area contributed by atoms with Crippen LogP contribution in [0.5, 0.6) is 0 Å². The molecule has 1 aliphatic carbocycles. The van der Waals surface area contributed by atoms with Crippen molar-refractivity contribution in [2.24, 2.45) is 11.7 Å².